The molecular formula is C24H23OP. The molecule has 0 aromatic heterocycles. The minimum atomic E-state index is -2.82. The highest BCUT2D eigenvalue weighted by Crippen LogP contribution is 2.56. The quantitative estimate of drug-likeness (QED) is 0.395. The lowest BCUT2D eigenvalue weighted by Gasteiger charge is -2.32. The van der Waals surface area contributed by atoms with Gasteiger partial charge in [-0.2, -0.15) is 0 Å². The van der Waals surface area contributed by atoms with Crippen molar-refractivity contribution in [1.82, 2.24) is 0 Å². The number of hydrogen-bond acceptors (Lipinski definition) is 1. The number of benzene rings is 4. The molecule has 26 heavy (non-hydrogen) atoms. The van der Waals surface area contributed by atoms with Crippen LogP contribution in [0.2, 0.25) is 0 Å². The Labute approximate surface area is 155 Å². The van der Waals surface area contributed by atoms with E-state index in [0.29, 0.717) is 0 Å². The van der Waals surface area contributed by atoms with Crippen molar-refractivity contribution in [1.29, 1.82) is 0 Å². The van der Waals surface area contributed by atoms with Gasteiger partial charge in [-0.25, -0.2) is 0 Å². The van der Waals surface area contributed by atoms with Gasteiger partial charge in [0.25, 0.3) is 0 Å². The van der Waals surface area contributed by atoms with E-state index in [1.165, 1.54) is 10.8 Å². The van der Waals surface area contributed by atoms with E-state index in [1.54, 1.807) is 0 Å². The summed E-state index contributed by atoms with van der Waals surface area (Å²) in [6, 6.07) is 29.0. The zero-order valence-electron chi connectivity index (χ0n) is 15.4. The van der Waals surface area contributed by atoms with Crippen LogP contribution in [-0.2, 0) is 4.57 Å². The molecule has 0 saturated heterocycles. The van der Waals surface area contributed by atoms with E-state index in [0.717, 1.165) is 21.4 Å². The van der Waals surface area contributed by atoms with Gasteiger partial charge in [-0.05, 0) is 33.7 Å². The minimum absolute atomic E-state index is 0.363. The van der Waals surface area contributed by atoms with Crippen LogP contribution in [0.25, 0.3) is 21.5 Å². The van der Waals surface area contributed by atoms with E-state index in [4.69, 9.17) is 0 Å². The lowest BCUT2D eigenvalue weighted by molar-refractivity contribution is 0.564. The Hall–Kier alpha value is -2.37. The molecule has 0 atom stereocenters. The van der Waals surface area contributed by atoms with Crippen LogP contribution in [0.3, 0.4) is 0 Å². The highest BCUT2D eigenvalue weighted by atomic mass is 31.2. The average Bonchev–Trinajstić information content (AvgIpc) is 2.65. The van der Waals surface area contributed by atoms with Crippen molar-refractivity contribution in [2.24, 2.45) is 0 Å². The fourth-order valence-electron chi connectivity index (χ4n) is 3.67. The van der Waals surface area contributed by atoms with E-state index in [1.807, 2.05) is 36.4 Å². The van der Waals surface area contributed by atoms with Crippen molar-refractivity contribution in [3.8, 4) is 0 Å². The molecule has 1 nitrogen and oxygen atoms in total. The van der Waals surface area contributed by atoms with E-state index in [2.05, 4.69) is 69.3 Å². The molecule has 0 amide bonds. The maximum atomic E-state index is 14.5. The highest BCUT2D eigenvalue weighted by Gasteiger charge is 2.40. The van der Waals surface area contributed by atoms with Gasteiger partial charge in [-0.3, -0.25) is 0 Å². The Kier molecular flexibility index (Phi) is 4.01. The van der Waals surface area contributed by atoms with E-state index >= 15 is 0 Å². The van der Waals surface area contributed by atoms with Crippen molar-refractivity contribution >= 4 is 39.3 Å². The van der Waals surface area contributed by atoms with Crippen LogP contribution in [-0.4, -0.2) is 5.16 Å². The van der Waals surface area contributed by atoms with Gasteiger partial charge in [-0.1, -0.05) is 93.6 Å². The van der Waals surface area contributed by atoms with Crippen LogP contribution in [0.1, 0.15) is 20.8 Å². The van der Waals surface area contributed by atoms with Crippen LogP contribution in [0.5, 0.6) is 0 Å². The number of hydrogen-bond donors (Lipinski definition) is 0. The largest absolute Gasteiger partial charge is 0.313 e. The second kappa shape index (κ2) is 6.11. The summed E-state index contributed by atoms with van der Waals surface area (Å²) < 4.78 is 14.5. The standard InChI is InChI=1S/C24H23OP/c1-24(2,3)26(25,22-14-12-18-8-4-6-10-20(18)16-22)23-15-13-19-9-5-7-11-21(19)17-23/h4-17H,1-3H3. The first-order valence-corrected chi connectivity index (χ1v) is 10.7. The van der Waals surface area contributed by atoms with E-state index < -0.39 is 7.14 Å². The van der Waals surface area contributed by atoms with Crippen LogP contribution in [0.15, 0.2) is 84.9 Å². The molecular weight excluding hydrogens is 335 g/mol. The summed E-state index contributed by atoms with van der Waals surface area (Å²) in [4.78, 5) is 0. The van der Waals surface area contributed by atoms with Crippen LogP contribution in [0.4, 0.5) is 0 Å². The molecule has 0 saturated carbocycles. The topological polar surface area (TPSA) is 17.1 Å². The van der Waals surface area contributed by atoms with Gasteiger partial charge >= 0.3 is 0 Å². The fourth-order valence-corrected chi connectivity index (χ4v) is 6.73. The third-order valence-electron chi connectivity index (χ3n) is 5.14. The molecule has 0 spiro atoms. The molecule has 0 heterocycles. The first-order valence-electron chi connectivity index (χ1n) is 8.98. The van der Waals surface area contributed by atoms with Gasteiger partial charge in [0, 0.05) is 15.8 Å². The zero-order chi connectivity index (χ0) is 18.4. The molecule has 0 fully saturated rings. The Balaban J connectivity index is 1.99. The SMILES string of the molecule is CC(C)(C)P(=O)(c1ccc2ccccc2c1)c1ccc2ccccc2c1. The van der Waals surface area contributed by atoms with Crippen molar-refractivity contribution in [2.45, 2.75) is 25.9 Å². The van der Waals surface area contributed by atoms with Crippen molar-refractivity contribution in [3.63, 3.8) is 0 Å². The summed E-state index contributed by atoms with van der Waals surface area (Å²) in [7, 11) is -2.82. The summed E-state index contributed by atoms with van der Waals surface area (Å²) in [6.45, 7) is 6.24. The Morgan fingerprint density at radius 3 is 1.35 bits per heavy atom. The van der Waals surface area contributed by atoms with Gasteiger partial charge in [0.15, 0.2) is 0 Å². The normalized spacial score (nSPS) is 12.6. The third kappa shape index (κ3) is 2.68. The molecule has 0 unspecified atom stereocenters. The Morgan fingerprint density at radius 2 is 0.962 bits per heavy atom. The Bertz CT molecular complexity index is 1070. The van der Waals surface area contributed by atoms with Gasteiger partial charge in [-0.15, -0.1) is 0 Å². The summed E-state index contributed by atoms with van der Waals surface area (Å²) in [5.41, 5.74) is 0. The molecule has 130 valence electrons. The van der Waals surface area contributed by atoms with Gasteiger partial charge in [0.05, 0.1) is 0 Å². The lowest BCUT2D eigenvalue weighted by Crippen LogP contribution is -2.30. The second-order valence-electron chi connectivity index (χ2n) is 7.84. The van der Waals surface area contributed by atoms with Crippen molar-refractivity contribution in [2.75, 3.05) is 0 Å². The molecule has 4 aromatic carbocycles. The molecule has 0 aliphatic heterocycles. The van der Waals surface area contributed by atoms with Gasteiger partial charge in [0.1, 0.15) is 7.14 Å². The lowest BCUT2D eigenvalue weighted by atomic mass is 10.1. The predicted octanol–water partition coefficient (Wildman–Crippen LogP) is 6.11. The van der Waals surface area contributed by atoms with Crippen LogP contribution < -0.4 is 10.6 Å². The summed E-state index contributed by atoms with van der Waals surface area (Å²) in [5, 5.41) is 6.12. The van der Waals surface area contributed by atoms with Crippen molar-refractivity contribution < 1.29 is 4.57 Å². The first kappa shape index (κ1) is 17.1. The van der Waals surface area contributed by atoms with Crippen LogP contribution >= 0.6 is 7.14 Å². The molecule has 2 heteroatoms. The molecule has 0 aliphatic carbocycles. The smallest absolute Gasteiger partial charge is 0.148 e. The molecule has 4 rings (SSSR count). The number of rotatable bonds is 2. The molecule has 0 radical (unpaired) electrons. The second-order valence-corrected chi connectivity index (χ2v) is 11.4. The van der Waals surface area contributed by atoms with Crippen molar-refractivity contribution in [3.05, 3.63) is 84.9 Å². The van der Waals surface area contributed by atoms with E-state index in [9.17, 15) is 4.57 Å². The van der Waals surface area contributed by atoms with Gasteiger partial charge in [0.2, 0.25) is 0 Å². The van der Waals surface area contributed by atoms with E-state index in [-0.39, 0.29) is 5.16 Å². The first-order chi connectivity index (χ1) is 12.4. The zero-order valence-corrected chi connectivity index (χ0v) is 16.3. The average molecular weight is 358 g/mol. The maximum Gasteiger partial charge on any atom is 0.148 e. The Morgan fingerprint density at radius 1 is 0.577 bits per heavy atom. The summed E-state index contributed by atoms with van der Waals surface area (Å²) in [6.07, 6.45) is 0. The minimum Gasteiger partial charge on any atom is -0.313 e. The van der Waals surface area contributed by atoms with Gasteiger partial charge < -0.3 is 4.57 Å². The number of fused-ring (bicyclic) bond motifs is 2. The molecule has 0 N–H and O–H groups in total. The summed E-state index contributed by atoms with van der Waals surface area (Å²) in [5.74, 6) is 0. The highest BCUT2D eigenvalue weighted by molar-refractivity contribution is 7.80. The molecule has 0 bridgehead atoms. The molecule has 0 aliphatic rings. The van der Waals surface area contributed by atoms with Crippen LogP contribution in [0, 0.1) is 0 Å². The summed E-state index contributed by atoms with van der Waals surface area (Å²) >= 11 is 0. The fraction of sp³-hybridized carbons (Fsp3) is 0.167. The molecule has 4 aromatic rings. The third-order valence-corrected chi connectivity index (χ3v) is 9.04. The predicted molar refractivity (Wildman–Crippen MR) is 115 cm³/mol. The monoisotopic (exact) mass is 358 g/mol. The maximum absolute atomic E-state index is 14.5.